The van der Waals surface area contributed by atoms with Gasteiger partial charge >= 0.3 is 5.97 Å². The van der Waals surface area contributed by atoms with Gasteiger partial charge in [-0.05, 0) is 42.3 Å². The van der Waals surface area contributed by atoms with Crippen LogP contribution in [-0.2, 0) is 4.79 Å². The maximum atomic E-state index is 12.6. The van der Waals surface area contributed by atoms with Gasteiger partial charge in [0.25, 0.3) is 0 Å². The lowest BCUT2D eigenvalue weighted by Gasteiger charge is -2.04. The number of benzene rings is 2. The summed E-state index contributed by atoms with van der Waals surface area (Å²) < 4.78 is 6.42. The molecule has 186 valence electrons. The standard InChI is InChI=1S/C28H33ClN2O3S/c1-2-3-4-5-6-7-8-9-10-15-25(32)31-30-20-21-16-18-22(19-17-21)34-28(33)27-26(29)23-13-11-12-14-24(23)35-27/h11-14,16-20H,2-10,15H2,1H3,(H,31,32)/b30-20-. The zero-order valence-corrected chi connectivity index (χ0v) is 21.8. The normalized spacial score (nSPS) is 11.3. The Labute approximate surface area is 216 Å². The van der Waals surface area contributed by atoms with Gasteiger partial charge in [-0.3, -0.25) is 4.79 Å². The summed E-state index contributed by atoms with van der Waals surface area (Å²) in [4.78, 5) is 24.9. The second-order valence-electron chi connectivity index (χ2n) is 8.57. The van der Waals surface area contributed by atoms with E-state index in [1.165, 1.54) is 56.3 Å². The highest BCUT2D eigenvalue weighted by molar-refractivity contribution is 7.21. The fourth-order valence-corrected chi connectivity index (χ4v) is 5.14. The zero-order valence-electron chi connectivity index (χ0n) is 20.2. The van der Waals surface area contributed by atoms with Gasteiger partial charge in [-0.25, -0.2) is 10.2 Å². The third kappa shape index (κ3) is 8.79. The average Bonchev–Trinajstić information content (AvgIpc) is 3.21. The van der Waals surface area contributed by atoms with Crippen molar-refractivity contribution in [3.63, 3.8) is 0 Å². The van der Waals surface area contributed by atoms with Crippen molar-refractivity contribution in [2.75, 3.05) is 0 Å². The van der Waals surface area contributed by atoms with Gasteiger partial charge in [-0.15, -0.1) is 11.3 Å². The average molecular weight is 513 g/mol. The molecule has 0 aliphatic heterocycles. The number of amides is 1. The van der Waals surface area contributed by atoms with Crippen LogP contribution in [0.1, 0.15) is 86.4 Å². The van der Waals surface area contributed by atoms with E-state index in [0.717, 1.165) is 28.5 Å². The molecule has 1 N–H and O–H groups in total. The summed E-state index contributed by atoms with van der Waals surface area (Å²) in [6.07, 6.45) is 13.1. The number of hydrogen-bond acceptors (Lipinski definition) is 5. The van der Waals surface area contributed by atoms with Crippen LogP contribution in [0.2, 0.25) is 5.02 Å². The molecule has 3 aromatic rings. The molecule has 0 saturated carbocycles. The number of halogens is 1. The molecule has 35 heavy (non-hydrogen) atoms. The van der Waals surface area contributed by atoms with Crippen LogP contribution >= 0.6 is 22.9 Å². The predicted octanol–water partition coefficient (Wildman–Crippen LogP) is 8.14. The van der Waals surface area contributed by atoms with Crippen molar-refractivity contribution < 1.29 is 14.3 Å². The minimum Gasteiger partial charge on any atom is -0.422 e. The number of unbranched alkanes of at least 4 members (excludes halogenated alkanes) is 8. The quantitative estimate of drug-likeness (QED) is 0.0778. The Kier molecular flexibility index (Phi) is 11.3. The number of esters is 1. The van der Waals surface area contributed by atoms with Crippen molar-refractivity contribution in [1.29, 1.82) is 0 Å². The van der Waals surface area contributed by atoms with E-state index < -0.39 is 5.97 Å². The lowest BCUT2D eigenvalue weighted by molar-refractivity contribution is -0.121. The molecule has 0 spiro atoms. The van der Waals surface area contributed by atoms with Crippen molar-refractivity contribution in [2.45, 2.75) is 71.1 Å². The molecule has 0 bridgehead atoms. The maximum absolute atomic E-state index is 12.6. The van der Waals surface area contributed by atoms with E-state index in [2.05, 4.69) is 17.5 Å². The maximum Gasteiger partial charge on any atom is 0.355 e. The first kappa shape index (κ1) is 26.9. The Morgan fingerprint density at radius 1 is 0.943 bits per heavy atom. The number of carbonyl (C=O) groups excluding carboxylic acids is 2. The third-order valence-electron chi connectivity index (χ3n) is 5.72. The lowest BCUT2D eigenvalue weighted by atomic mass is 10.1. The SMILES string of the molecule is CCCCCCCCCCCC(=O)N/N=C\c1ccc(OC(=O)c2sc3ccccc3c2Cl)cc1. The molecule has 0 aliphatic rings. The number of thiophene rings is 1. The highest BCUT2D eigenvalue weighted by Crippen LogP contribution is 2.35. The van der Waals surface area contributed by atoms with Gasteiger partial charge in [0, 0.05) is 16.5 Å². The van der Waals surface area contributed by atoms with Gasteiger partial charge in [0.15, 0.2) is 0 Å². The predicted molar refractivity (Wildman–Crippen MR) is 146 cm³/mol. The van der Waals surface area contributed by atoms with E-state index in [9.17, 15) is 9.59 Å². The van der Waals surface area contributed by atoms with Crippen molar-refractivity contribution in [3.05, 3.63) is 64.0 Å². The van der Waals surface area contributed by atoms with Crippen LogP contribution in [0.3, 0.4) is 0 Å². The first-order valence-corrected chi connectivity index (χ1v) is 13.6. The number of fused-ring (bicyclic) bond motifs is 1. The molecule has 0 atom stereocenters. The second-order valence-corrected chi connectivity index (χ2v) is 10.0. The summed E-state index contributed by atoms with van der Waals surface area (Å²) in [6, 6.07) is 14.5. The molecule has 7 heteroatoms. The van der Waals surface area contributed by atoms with E-state index in [4.69, 9.17) is 16.3 Å². The Balaban J connectivity index is 1.36. The monoisotopic (exact) mass is 512 g/mol. The second kappa shape index (κ2) is 14.6. The van der Waals surface area contributed by atoms with Gasteiger partial charge < -0.3 is 4.74 Å². The first-order valence-electron chi connectivity index (χ1n) is 12.4. The molecule has 0 radical (unpaired) electrons. The molecule has 1 aromatic heterocycles. The molecular formula is C28H33ClN2O3S. The molecular weight excluding hydrogens is 480 g/mol. The summed E-state index contributed by atoms with van der Waals surface area (Å²) in [5.74, 6) is -0.147. The Hall–Kier alpha value is -2.70. The molecule has 0 saturated heterocycles. The van der Waals surface area contributed by atoms with Gasteiger partial charge in [-0.1, -0.05) is 88.1 Å². The van der Waals surface area contributed by atoms with E-state index in [1.54, 1.807) is 30.5 Å². The minimum absolute atomic E-state index is 0.0741. The third-order valence-corrected chi connectivity index (χ3v) is 7.38. The van der Waals surface area contributed by atoms with E-state index in [0.29, 0.717) is 22.1 Å². The minimum atomic E-state index is -0.485. The van der Waals surface area contributed by atoms with Crippen LogP contribution in [0.5, 0.6) is 5.75 Å². The number of hydrazone groups is 1. The van der Waals surface area contributed by atoms with Gasteiger partial charge in [0.05, 0.1) is 11.2 Å². The number of hydrogen-bond donors (Lipinski definition) is 1. The summed E-state index contributed by atoms with van der Waals surface area (Å²) in [5.41, 5.74) is 3.36. The topological polar surface area (TPSA) is 67.8 Å². The van der Waals surface area contributed by atoms with Crippen LogP contribution in [0.15, 0.2) is 53.6 Å². The Bertz CT molecular complexity index is 1120. The smallest absolute Gasteiger partial charge is 0.355 e. The Morgan fingerprint density at radius 3 is 2.29 bits per heavy atom. The summed E-state index contributed by atoms with van der Waals surface area (Å²) in [5, 5.41) is 5.28. The number of carbonyl (C=O) groups is 2. The highest BCUT2D eigenvalue weighted by atomic mass is 35.5. The number of nitrogens with zero attached hydrogens (tertiary/aromatic N) is 1. The fraction of sp³-hybridized carbons (Fsp3) is 0.393. The van der Waals surface area contributed by atoms with E-state index in [-0.39, 0.29) is 5.91 Å². The lowest BCUT2D eigenvalue weighted by Crippen LogP contribution is -2.16. The molecule has 5 nitrogen and oxygen atoms in total. The molecule has 0 unspecified atom stereocenters. The van der Waals surface area contributed by atoms with E-state index in [1.807, 2.05) is 24.3 Å². The van der Waals surface area contributed by atoms with Gasteiger partial charge in [0.1, 0.15) is 10.6 Å². The molecule has 3 rings (SSSR count). The van der Waals surface area contributed by atoms with Gasteiger partial charge in [0.2, 0.25) is 5.91 Å². The molecule has 1 amide bonds. The van der Waals surface area contributed by atoms with Crippen LogP contribution in [0, 0.1) is 0 Å². The summed E-state index contributed by atoms with van der Waals surface area (Å²) >= 11 is 7.67. The largest absolute Gasteiger partial charge is 0.422 e. The molecule has 1 heterocycles. The van der Waals surface area contributed by atoms with Crippen LogP contribution in [0.4, 0.5) is 0 Å². The van der Waals surface area contributed by atoms with Crippen LogP contribution < -0.4 is 10.2 Å². The van der Waals surface area contributed by atoms with Crippen molar-refractivity contribution >= 4 is 51.1 Å². The number of nitrogens with one attached hydrogen (secondary N) is 1. The summed E-state index contributed by atoms with van der Waals surface area (Å²) in [6.45, 7) is 2.23. The fourth-order valence-electron chi connectivity index (χ4n) is 3.75. The zero-order chi connectivity index (χ0) is 24.9. The Morgan fingerprint density at radius 2 is 1.60 bits per heavy atom. The van der Waals surface area contributed by atoms with E-state index >= 15 is 0 Å². The van der Waals surface area contributed by atoms with Crippen molar-refractivity contribution in [1.82, 2.24) is 5.43 Å². The first-order chi connectivity index (χ1) is 17.1. The van der Waals surface area contributed by atoms with Gasteiger partial charge in [-0.2, -0.15) is 5.10 Å². The molecule has 0 aliphatic carbocycles. The van der Waals surface area contributed by atoms with Crippen molar-refractivity contribution in [3.8, 4) is 5.75 Å². The summed E-state index contributed by atoms with van der Waals surface area (Å²) in [7, 11) is 0. The highest BCUT2D eigenvalue weighted by Gasteiger charge is 2.18. The molecule has 2 aromatic carbocycles. The molecule has 0 fully saturated rings. The van der Waals surface area contributed by atoms with Crippen molar-refractivity contribution in [2.24, 2.45) is 5.10 Å². The van der Waals surface area contributed by atoms with Crippen LogP contribution in [-0.4, -0.2) is 18.1 Å². The number of ether oxygens (including phenoxy) is 1. The van der Waals surface area contributed by atoms with Crippen LogP contribution in [0.25, 0.3) is 10.1 Å². The number of rotatable bonds is 14.